The van der Waals surface area contributed by atoms with Crippen molar-refractivity contribution in [2.24, 2.45) is 0 Å². The van der Waals surface area contributed by atoms with Gasteiger partial charge in [-0.05, 0) is 37.6 Å². The zero-order chi connectivity index (χ0) is 18.5. The van der Waals surface area contributed by atoms with Crippen LogP contribution < -0.4 is 10.2 Å². The number of likely N-dealkylation sites (N-methyl/N-ethyl adjacent to an activating group) is 1. The number of imide groups is 1. The zero-order valence-electron chi connectivity index (χ0n) is 15.4. The van der Waals surface area contributed by atoms with Crippen molar-refractivity contribution in [2.45, 2.75) is 37.9 Å². The molecule has 3 fully saturated rings. The van der Waals surface area contributed by atoms with Crippen molar-refractivity contribution in [3.8, 4) is 0 Å². The molecule has 3 aliphatic rings. The van der Waals surface area contributed by atoms with E-state index < -0.39 is 6.03 Å². The highest BCUT2D eigenvalue weighted by atomic mass is 16.5. The summed E-state index contributed by atoms with van der Waals surface area (Å²) < 4.78 is 5.40. The third-order valence-electron chi connectivity index (χ3n) is 6.15. The monoisotopic (exact) mass is 369 g/mol. The Kier molecular flexibility index (Phi) is 3.91. The van der Waals surface area contributed by atoms with Gasteiger partial charge in [0, 0.05) is 44.7 Å². The number of piperazine rings is 1. The third kappa shape index (κ3) is 2.89. The lowest BCUT2D eigenvalue weighted by molar-refractivity contribution is -0.120. The van der Waals surface area contributed by atoms with Gasteiger partial charge in [0.25, 0.3) is 0 Å². The minimum atomic E-state index is -0.442. The van der Waals surface area contributed by atoms with E-state index >= 15 is 0 Å². The van der Waals surface area contributed by atoms with E-state index in [1.165, 1.54) is 23.3 Å². The molecule has 2 unspecified atom stereocenters. The molecular formula is C19H23N5O3. The zero-order valence-corrected chi connectivity index (χ0v) is 15.4. The molecule has 0 spiro atoms. The number of aromatic nitrogens is 1. The molecule has 1 aromatic heterocycles. The van der Waals surface area contributed by atoms with Crippen molar-refractivity contribution < 1.29 is 14.1 Å². The SMILES string of the molecule is CN1C2CCC1CN(Cc1ccc3onc(N4CCC(=O)NC4=O)c3c1)C2. The summed E-state index contributed by atoms with van der Waals surface area (Å²) in [6.07, 6.45) is 2.84. The first-order valence-corrected chi connectivity index (χ1v) is 9.52. The van der Waals surface area contributed by atoms with E-state index in [1.54, 1.807) is 0 Å². The van der Waals surface area contributed by atoms with Crippen LogP contribution in [0.5, 0.6) is 0 Å². The van der Waals surface area contributed by atoms with Crippen molar-refractivity contribution in [2.75, 3.05) is 31.6 Å². The highest BCUT2D eigenvalue weighted by molar-refractivity contribution is 6.08. The van der Waals surface area contributed by atoms with Crippen molar-refractivity contribution in [1.29, 1.82) is 0 Å². The number of carbonyl (C=O) groups is 2. The standard InChI is InChI=1S/C19H23N5O3/c1-22-13-3-4-14(22)11-23(10-13)9-12-2-5-16-15(8-12)18(21-27-16)24-7-6-17(25)20-19(24)26/h2,5,8,13-14H,3-4,6-7,9-11H2,1H3,(H,20,25,26). The van der Waals surface area contributed by atoms with Crippen LogP contribution in [-0.2, 0) is 11.3 Å². The molecular weight excluding hydrogens is 346 g/mol. The van der Waals surface area contributed by atoms with E-state index in [4.69, 9.17) is 4.52 Å². The van der Waals surface area contributed by atoms with Gasteiger partial charge in [0.15, 0.2) is 11.4 Å². The molecule has 0 radical (unpaired) electrons. The quantitative estimate of drug-likeness (QED) is 0.884. The Labute approximate surface area is 157 Å². The highest BCUT2D eigenvalue weighted by Gasteiger charge is 2.37. The van der Waals surface area contributed by atoms with Crippen LogP contribution in [0.15, 0.2) is 22.7 Å². The van der Waals surface area contributed by atoms with Gasteiger partial charge in [0.2, 0.25) is 5.91 Å². The molecule has 0 saturated carbocycles. The molecule has 3 amide bonds. The average molecular weight is 369 g/mol. The fourth-order valence-corrected chi connectivity index (χ4v) is 4.62. The molecule has 0 aliphatic carbocycles. The number of hydrogen-bond acceptors (Lipinski definition) is 6. The summed E-state index contributed by atoms with van der Waals surface area (Å²) in [5.74, 6) is 0.227. The van der Waals surface area contributed by atoms with E-state index in [0.717, 1.165) is 25.0 Å². The lowest BCUT2D eigenvalue weighted by atomic mass is 10.1. The van der Waals surface area contributed by atoms with Gasteiger partial charge in [-0.2, -0.15) is 0 Å². The lowest BCUT2D eigenvalue weighted by Gasteiger charge is -2.38. The normalized spacial score (nSPS) is 26.8. The lowest BCUT2D eigenvalue weighted by Crippen LogP contribution is -2.51. The Morgan fingerprint density at radius 2 is 2.00 bits per heavy atom. The number of hydrogen-bond donors (Lipinski definition) is 1. The number of urea groups is 1. The maximum atomic E-state index is 12.2. The fraction of sp³-hybridized carbons (Fsp3) is 0.526. The summed E-state index contributed by atoms with van der Waals surface area (Å²) in [6.45, 7) is 3.39. The smallest absolute Gasteiger partial charge is 0.329 e. The van der Waals surface area contributed by atoms with E-state index in [2.05, 4.69) is 39.5 Å². The topological polar surface area (TPSA) is 81.9 Å². The Morgan fingerprint density at radius 3 is 2.74 bits per heavy atom. The highest BCUT2D eigenvalue weighted by Crippen LogP contribution is 2.31. The number of nitrogens with one attached hydrogen (secondary N) is 1. The van der Waals surface area contributed by atoms with Crippen LogP contribution in [-0.4, -0.2) is 65.7 Å². The summed E-state index contributed by atoms with van der Waals surface area (Å²) >= 11 is 0. The molecule has 8 nitrogen and oxygen atoms in total. The molecule has 2 atom stereocenters. The maximum Gasteiger partial charge on any atom is 0.329 e. The predicted octanol–water partition coefficient (Wildman–Crippen LogP) is 1.55. The number of fused-ring (bicyclic) bond motifs is 3. The number of nitrogens with zero attached hydrogens (tertiary/aromatic N) is 4. The minimum Gasteiger partial charge on any atom is -0.354 e. The van der Waals surface area contributed by atoms with E-state index in [1.807, 2.05) is 6.07 Å². The molecule has 142 valence electrons. The Balaban J connectivity index is 1.39. The Bertz CT molecular complexity index is 896. The van der Waals surface area contributed by atoms with Crippen molar-refractivity contribution in [3.63, 3.8) is 0 Å². The van der Waals surface area contributed by atoms with Crippen LogP contribution in [0.2, 0.25) is 0 Å². The predicted molar refractivity (Wildman–Crippen MR) is 99.4 cm³/mol. The maximum absolute atomic E-state index is 12.2. The summed E-state index contributed by atoms with van der Waals surface area (Å²) in [5, 5.41) is 7.24. The first kappa shape index (κ1) is 16.7. The van der Waals surface area contributed by atoms with Gasteiger partial charge < -0.3 is 4.52 Å². The number of amides is 3. The van der Waals surface area contributed by atoms with Crippen LogP contribution in [0, 0.1) is 0 Å². The first-order chi connectivity index (χ1) is 13.1. The van der Waals surface area contributed by atoms with Crippen molar-refractivity contribution in [3.05, 3.63) is 23.8 Å². The van der Waals surface area contributed by atoms with E-state index in [0.29, 0.717) is 30.0 Å². The van der Waals surface area contributed by atoms with Gasteiger partial charge in [0.05, 0.1) is 5.39 Å². The summed E-state index contributed by atoms with van der Waals surface area (Å²) in [6, 6.07) is 6.92. The van der Waals surface area contributed by atoms with Crippen molar-refractivity contribution in [1.82, 2.24) is 20.3 Å². The van der Waals surface area contributed by atoms with Gasteiger partial charge in [-0.3, -0.25) is 24.8 Å². The second-order valence-corrected chi connectivity index (χ2v) is 7.84. The Hall–Kier alpha value is -2.45. The number of benzene rings is 1. The van der Waals surface area contributed by atoms with Gasteiger partial charge in [-0.1, -0.05) is 11.2 Å². The van der Waals surface area contributed by atoms with Gasteiger partial charge in [-0.25, -0.2) is 4.79 Å². The number of likely N-dealkylation sites (tertiary alicyclic amines) is 1. The third-order valence-corrected chi connectivity index (χ3v) is 6.15. The summed E-state index contributed by atoms with van der Waals surface area (Å²) in [7, 11) is 2.24. The largest absolute Gasteiger partial charge is 0.354 e. The summed E-state index contributed by atoms with van der Waals surface area (Å²) in [5.41, 5.74) is 1.83. The number of anilines is 1. The van der Waals surface area contributed by atoms with Crippen LogP contribution in [0.3, 0.4) is 0 Å². The molecule has 2 bridgehead atoms. The molecule has 5 rings (SSSR count). The van der Waals surface area contributed by atoms with Crippen LogP contribution >= 0.6 is 0 Å². The second-order valence-electron chi connectivity index (χ2n) is 7.84. The molecule has 3 saturated heterocycles. The van der Waals surface area contributed by atoms with Gasteiger partial charge in [0.1, 0.15) is 0 Å². The fourth-order valence-electron chi connectivity index (χ4n) is 4.62. The molecule has 8 heteroatoms. The molecule has 3 aliphatic heterocycles. The number of rotatable bonds is 3. The van der Waals surface area contributed by atoms with Gasteiger partial charge in [-0.15, -0.1) is 0 Å². The molecule has 27 heavy (non-hydrogen) atoms. The van der Waals surface area contributed by atoms with Crippen molar-refractivity contribution >= 4 is 28.7 Å². The van der Waals surface area contributed by atoms with Crippen LogP contribution in [0.4, 0.5) is 10.6 Å². The van der Waals surface area contributed by atoms with E-state index in [-0.39, 0.29) is 12.3 Å². The molecule has 1 N–H and O–H groups in total. The van der Waals surface area contributed by atoms with Gasteiger partial charge >= 0.3 is 6.03 Å². The Morgan fingerprint density at radius 1 is 1.22 bits per heavy atom. The molecule has 1 aromatic carbocycles. The molecule has 2 aromatic rings. The number of carbonyl (C=O) groups excluding carboxylic acids is 2. The average Bonchev–Trinajstić information content (AvgIpc) is 3.12. The van der Waals surface area contributed by atoms with Crippen LogP contribution in [0.1, 0.15) is 24.8 Å². The van der Waals surface area contributed by atoms with Crippen LogP contribution in [0.25, 0.3) is 11.0 Å². The second kappa shape index (κ2) is 6.31. The summed E-state index contributed by atoms with van der Waals surface area (Å²) in [4.78, 5) is 30.1. The minimum absolute atomic E-state index is 0.255. The molecule has 4 heterocycles. The first-order valence-electron chi connectivity index (χ1n) is 9.52. The van der Waals surface area contributed by atoms with E-state index in [9.17, 15) is 9.59 Å².